The van der Waals surface area contributed by atoms with Crippen molar-refractivity contribution in [2.75, 3.05) is 0 Å². The molecule has 4 saturated carbocycles. The highest BCUT2D eigenvalue weighted by molar-refractivity contribution is 5.66. The molecule has 1 unspecified atom stereocenters. The number of fused-ring (bicyclic) bond motifs is 5. The van der Waals surface area contributed by atoms with Gasteiger partial charge < -0.3 is 15.3 Å². The summed E-state index contributed by atoms with van der Waals surface area (Å²) in [5, 5.41) is 30.9. The van der Waals surface area contributed by atoms with Crippen LogP contribution in [0.1, 0.15) is 91.9 Å². The minimum atomic E-state index is -0.687. The summed E-state index contributed by atoms with van der Waals surface area (Å²) >= 11 is 0. The van der Waals surface area contributed by atoms with Crippen molar-refractivity contribution in [3.63, 3.8) is 0 Å². The number of carboxylic acids is 1. The number of rotatable bonds is 4. The first kappa shape index (κ1) is 21.6. The van der Waals surface area contributed by atoms with Crippen LogP contribution in [0, 0.1) is 45.8 Å². The van der Waals surface area contributed by atoms with Crippen LogP contribution in [-0.2, 0) is 4.79 Å². The summed E-state index contributed by atoms with van der Waals surface area (Å²) < 4.78 is 0. The minimum absolute atomic E-state index is 0.0538. The van der Waals surface area contributed by atoms with Gasteiger partial charge in [-0.3, -0.25) is 4.79 Å². The Morgan fingerprint density at radius 2 is 1.62 bits per heavy atom. The van der Waals surface area contributed by atoms with Gasteiger partial charge in [0.05, 0.1) is 12.2 Å². The Hall–Kier alpha value is -0.610. The Morgan fingerprint density at radius 1 is 0.966 bits per heavy atom. The lowest BCUT2D eigenvalue weighted by Crippen LogP contribution is -2.64. The molecule has 0 aromatic rings. The van der Waals surface area contributed by atoms with Crippen LogP contribution >= 0.6 is 0 Å². The zero-order valence-corrected chi connectivity index (χ0v) is 18.9. The van der Waals surface area contributed by atoms with Gasteiger partial charge in [-0.05, 0) is 98.2 Å². The van der Waals surface area contributed by atoms with Crippen LogP contribution in [0.25, 0.3) is 0 Å². The molecule has 0 aromatic carbocycles. The van der Waals surface area contributed by atoms with E-state index in [2.05, 4.69) is 27.7 Å². The van der Waals surface area contributed by atoms with Gasteiger partial charge in [-0.25, -0.2) is 0 Å². The van der Waals surface area contributed by atoms with Crippen molar-refractivity contribution < 1.29 is 20.1 Å². The van der Waals surface area contributed by atoms with Crippen LogP contribution in [0.15, 0.2) is 0 Å². The standard InChI is InChI=1S/C25H42O4/c1-15(5-8-22(28)29)18-6-7-19-24(18,3)12-10-20-23(2)11-9-17(26)13-16(23)14-21(27)25(19,20)4/h15-21,26-27H,5-14H2,1-4H3,(H,28,29)/t15-,16+,17-,18?,19-,20-,21+,23+,24-,25+/m1/s1. The molecule has 0 spiro atoms. The summed E-state index contributed by atoms with van der Waals surface area (Å²) in [6.45, 7) is 9.57. The lowest BCUT2D eigenvalue weighted by molar-refractivity contribution is -0.225. The maximum Gasteiger partial charge on any atom is 0.303 e. The third-order valence-electron chi connectivity index (χ3n) is 10.9. The second-order valence-corrected chi connectivity index (χ2v) is 12.0. The minimum Gasteiger partial charge on any atom is -0.481 e. The largest absolute Gasteiger partial charge is 0.481 e. The number of aliphatic hydroxyl groups excluding tert-OH is 2. The zero-order valence-electron chi connectivity index (χ0n) is 18.9. The van der Waals surface area contributed by atoms with E-state index in [9.17, 15) is 15.0 Å². The van der Waals surface area contributed by atoms with Crippen molar-refractivity contribution in [1.82, 2.24) is 0 Å². The predicted octanol–water partition coefficient (Wildman–Crippen LogP) is 4.87. The van der Waals surface area contributed by atoms with E-state index in [4.69, 9.17) is 5.11 Å². The lowest BCUT2D eigenvalue weighted by Gasteiger charge is -2.67. The maximum absolute atomic E-state index is 11.5. The number of aliphatic hydroxyl groups is 2. The van der Waals surface area contributed by atoms with Gasteiger partial charge in [0.1, 0.15) is 0 Å². The van der Waals surface area contributed by atoms with E-state index in [1.54, 1.807) is 0 Å². The molecule has 0 saturated heterocycles. The van der Waals surface area contributed by atoms with Crippen LogP contribution in [0.4, 0.5) is 0 Å². The molecule has 4 rings (SSSR count). The number of carbonyl (C=O) groups is 1. The summed E-state index contributed by atoms with van der Waals surface area (Å²) in [6, 6.07) is 0. The molecule has 4 aliphatic rings. The van der Waals surface area contributed by atoms with Crippen molar-refractivity contribution >= 4 is 5.97 Å². The Morgan fingerprint density at radius 3 is 2.31 bits per heavy atom. The topological polar surface area (TPSA) is 77.8 Å². The maximum atomic E-state index is 11.5. The second-order valence-electron chi connectivity index (χ2n) is 12.0. The molecule has 0 amide bonds. The van der Waals surface area contributed by atoms with E-state index in [1.807, 2.05) is 0 Å². The lowest BCUT2D eigenvalue weighted by atomic mass is 9.38. The Balaban J connectivity index is 1.62. The fraction of sp³-hybridized carbons (Fsp3) is 0.960. The summed E-state index contributed by atoms with van der Waals surface area (Å²) in [6.07, 6.45) is 8.98. The van der Waals surface area contributed by atoms with Gasteiger partial charge in [0, 0.05) is 11.8 Å². The summed E-state index contributed by atoms with van der Waals surface area (Å²) in [5.74, 6) is 1.79. The number of carboxylic acid groups (broad SMARTS) is 1. The van der Waals surface area contributed by atoms with Gasteiger partial charge in [0.15, 0.2) is 0 Å². The monoisotopic (exact) mass is 406 g/mol. The third kappa shape index (κ3) is 3.11. The van der Waals surface area contributed by atoms with Crippen molar-refractivity contribution in [3.05, 3.63) is 0 Å². The number of hydrogen-bond donors (Lipinski definition) is 3. The molecule has 29 heavy (non-hydrogen) atoms. The highest BCUT2D eigenvalue weighted by atomic mass is 16.4. The Kier molecular flexibility index (Phi) is 5.38. The fourth-order valence-corrected chi connectivity index (χ4v) is 9.39. The van der Waals surface area contributed by atoms with Crippen LogP contribution in [-0.4, -0.2) is 33.5 Å². The molecule has 0 heterocycles. The first-order valence-corrected chi connectivity index (χ1v) is 12.1. The predicted molar refractivity (Wildman–Crippen MR) is 113 cm³/mol. The van der Waals surface area contributed by atoms with Crippen LogP contribution in [0.2, 0.25) is 0 Å². The molecule has 0 bridgehead atoms. The van der Waals surface area contributed by atoms with E-state index in [-0.39, 0.29) is 34.9 Å². The average Bonchev–Trinajstić information content (AvgIpc) is 3.00. The molecule has 166 valence electrons. The smallest absolute Gasteiger partial charge is 0.303 e. The summed E-state index contributed by atoms with van der Waals surface area (Å²) in [4.78, 5) is 11.1. The van der Waals surface area contributed by atoms with Gasteiger partial charge in [0.2, 0.25) is 0 Å². The normalized spacial score (nSPS) is 52.9. The molecule has 4 heteroatoms. The Labute approximate surface area is 176 Å². The van der Waals surface area contributed by atoms with Crippen LogP contribution < -0.4 is 0 Å². The summed E-state index contributed by atoms with van der Waals surface area (Å²) in [5.41, 5.74) is 0.394. The van der Waals surface area contributed by atoms with E-state index in [1.165, 1.54) is 25.7 Å². The molecule has 0 radical (unpaired) electrons. The SMILES string of the molecule is C[C@H](CCC(=O)O)C1CC[C@H]2[C@@]3(C)[C@H](CC[C@]12C)[C@@]1(C)CC[C@@H](O)C[C@H]1C[C@@H]3O. The van der Waals surface area contributed by atoms with Crippen molar-refractivity contribution in [2.24, 2.45) is 45.8 Å². The third-order valence-corrected chi connectivity index (χ3v) is 10.9. The second kappa shape index (κ2) is 7.22. The van der Waals surface area contributed by atoms with Crippen molar-refractivity contribution in [3.8, 4) is 0 Å². The highest BCUT2D eigenvalue weighted by Gasteiger charge is 2.68. The molecule has 0 aliphatic heterocycles. The number of hydrogen-bond acceptors (Lipinski definition) is 3. The zero-order chi connectivity index (χ0) is 21.2. The molecule has 10 atom stereocenters. The molecular weight excluding hydrogens is 364 g/mol. The first-order valence-electron chi connectivity index (χ1n) is 12.1. The highest BCUT2D eigenvalue weighted by Crippen LogP contribution is 2.72. The van der Waals surface area contributed by atoms with Gasteiger partial charge in [-0.1, -0.05) is 27.7 Å². The van der Waals surface area contributed by atoms with Crippen LogP contribution in [0.3, 0.4) is 0 Å². The van der Waals surface area contributed by atoms with E-state index >= 15 is 0 Å². The van der Waals surface area contributed by atoms with Gasteiger partial charge in [-0.15, -0.1) is 0 Å². The van der Waals surface area contributed by atoms with E-state index in [0.29, 0.717) is 29.6 Å². The molecule has 4 fully saturated rings. The fourth-order valence-electron chi connectivity index (χ4n) is 9.39. The molecule has 3 N–H and O–H groups in total. The molecule has 4 aliphatic carbocycles. The first-order chi connectivity index (χ1) is 13.5. The summed E-state index contributed by atoms with van der Waals surface area (Å²) in [7, 11) is 0. The van der Waals surface area contributed by atoms with Gasteiger partial charge >= 0.3 is 5.97 Å². The number of aliphatic carboxylic acids is 1. The van der Waals surface area contributed by atoms with Crippen molar-refractivity contribution in [2.45, 2.75) is 104 Å². The molecular formula is C25H42O4. The quantitative estimate of drug-likeness (QED) is 0.622. The van der Waals surface area contributed by atoms with E-state index < -0.39 is 5.97 Å². The molecule has 4 nitrogen and oxygen atoms in total. The van der Waals surface area contributed by atoms with Gasteiger partial charge in [-0.2, -0.15) is 0 Å². The van der Waals surface area contributed by atoms with Crippen LogP contribution in [0.5, 0.6) is 0 Å². The van der Waals surface area contributed by atoms with Gasteiger partial charge in [0.25, 0.3) is 0 Å². The average molecular weight is 407 g/mol. The Bertz CT molecular complexity index is 649. The van der Waals surface area contributed by atoms with Crippen molar-refractivity contribution in [1.29, 1.82) is 0 Å². The van der Waals surface area contributed by atoms with E-state index in [0.717, 1.165) is 32.1 Å². The molecule has 0 aromatic heterocycles.